The lowest BCUT2D eigenvalue weighted by molar-refractivity contribution is -0.121. The van der Waals surface area contributed by atoms with E-state index < -0.39 is 0 Å². The van der Waals surface area contributed by atoms with E-state index in [1.807, 2.05) is 12.2 Å². The van der Waals surface area contributed by atoms with E-state index >= 15 is 0 Å². The second kappa shape index (κ2) is 7.80. The first-order chi connectivity index (χ1) is 6.16. The van der Waals surface area contributed by atoms with E-state index in [0.717, 1.165) is 6.42 Å². The monoisotopic (exact) mass is 184 g/mol. The van der Waals surface area contributed by atoms with E-state index in [1.54, 1.807) is 0 Å². The maximum atomic E-state index is 11.1. The number of carbonyl (C=O) groups excluding carboxylic acids is 1. The van der Waals surface area contributed by atoms with Crippen LogP contribution in [-0.2, 0) is 4.79 Å². The molecule has 0 saturated carbocycles. The summed E-state index contributed by atoms with van der Waals surface area (Å²) in [6, 6.07) is 0. The molecule has 0 atom stereocenters. The van der Waals surface area contributed by atoms with Gasteiger partial charge in [0.05, 0.1) is 0 Å². The second-order valence-corrected chi connectivity index (χ2v) is 3.44. The first-order valence-electron chi connectivity index (χ1n) is 4.78. The van der Waals surface area contributed by atoms with Gasteiger partial charge in [-0.25, -0.2) is 0 Å². The molecule has 0 saturated heterocycles. The molecule has 0 aliphatic carbocycles. The van der Waals surface area contributed by atoms with Crippen molar-refractivity contribution in [3.05, 3.63) is 12.2 Å². The third-order valence-electron chi connectivity index (χ3n) is 1.67. The van der Waals surface area contributed by atoms with Crippen molar-refractivity contribution in [2.45, 2.75) is 26.7 Å². The summed E-state index contributed by atoms with van der Waals surface area (Å²) in [4.78, 5) is 11.1. The van der Waals surface area contributed by atoms with Crippen LogP contribution < -0.4 is 11.1 Å². The van der Waals surface area contributed by atoms with Crippen LogP contribution in [0.2, 0.25) is 0 Å². The van der Waals surface area contributed by atoms with Crippen molar-refractivity contribution in [1.82, 2.24) is 5.32 Å². The van der Waals surface area contributed by atoms with Gasteiger partial charge in [-0.1, -0.05) is 26.0 Å². The van der Waals surface area contributed by atoms with Crippen molar-refractivity contribution in [2.24, 2.45) is 11.7 Å². The van der Waals surface area contributed by atoms with Gasteiger partial charge in [0.25, 0.3) is 0 Å². The van der Waals surface area contributed by atoms with E-state index in [-0.39, 0.29) is 5.91 Å². The van der Waals surface area contributed by atoms with Gasteiger partial charge >= 0.3 is 0 Å². The van der Waals surface area contributed by atoms with Crippen molar-refractivity contribution < 1.29 is 4.79 Å². The van der Waals surface area contributed by atoms with Crippen LogP contribution in [0.4, 0.5) is 0 Å². The highest BCUT2D eigenvalue weighted by Crippen LogP contribution is 2.02. The molecule has 0 aromatic carbocycles. The van der Waals surface area contributed by atoms with Gasteiger partial charge in [0.1, 0.15) is 0 Å². The third-order valence-corrected chi connectivity index (χ3v) is 1.67. The zero-order chi connectivity index (χ0) is 10.1. The number of hydrogen-bond acceptors (Lipinski definition) is 2. The Bertz CT molecular complexity index is 164. The lowest BCUT2D eigenvalue weighted by Gasteiger charge is -2.04. The van der Waals surface area contributed by atoms with Crippen molar-refractivity contribution in [1.29, 1.82) is 0 Å². The summed E-state index contributed by atoms with van der Waals surface area (Å²) >= 11 is 0. The van der Waals surface area contributed by atoms with E-state index in [2.05, 4.69) is 19.2 Å². The van der Waals surface area contributed by atoms with Gasteiger partial charge in [-0.15, -0.1) is 0 Å². The molecule has 0 bridgehead atoms. The molecule has 0 aromatic heterocycles. The first-order valence-corrected chi connectivity index (χ1v) is 4.78. The maximum absolute atomic E-state index is 11.1. The summed E-state index contributed by atoms with van der Waals surface area (Å²) in [7, 11) is 0. The van der Waals surface area contributed by atoms with Gasteiger partial charge < -0.3 is 11.1 Å². The molecule has 0 heterocycles. The topological polar surface area (TPSA) is 55.1 Å². The number of nitrogens with one attached hydrogen (secondary N) is 1. The SMILES string of the molecule is CC(C)CCC(=O)NC/C=C/CN. The molecule has 3 heteroatoms. The molecule has 3 N–H and O–H groups in total. The predicted octanol–water partition coefficient (Wildman–Crippen LogP) is 1.05. The van der Waals surface area contributed by atoms with Gasteiger partial charge in [-0.05, 0) is 12.3 Å². The van der Waals surface area contributed by atoms with Gasteiger partial charge in [-0.3, -0.25) is 4.79 Å². The van der Waals surface area contributed by atoms with E-state index in [9.17, 15) is 4.79 Å². The number of rotatable bonds is 6. The normalized spacial score (nSPS) is 11.1. The fourth-order valence-corrected chi connectivity index (χ4v) is 0.860. The fraction of sp³-hybridized carbons (Fsp3) is 0.700. The molecular weight excluding hydrogens is 164 g/mol. The van der Waals surface area contributed by atoms with Gasteiger partial charge in [0, 0.05) is 19.5 Å². The Morgan fingerprint density at radius 2 is 2.15 bits per heavy atom. The summed E-state index contributed by atoms with van der Waals surface area (Å²) < 4.78 is 0. The summed E-state index contributed by atoms with van der Waals surface area (Å²) in [5.41, 5.74) is 5.24. The molecule has 0 aliphatic rings. The molecule has 0 fully saturated rings. The Morgan fingerprint density at radius 3 is 2.69 bits per heavy atom. The smallest absolute Gasteiger partial charge is 0.220 e. The highest BCUT2D eigenvalue weighted by molar-refractivity contribution is 5.75. The largest absolute Gasteiger partial charge is 0.353 e. The highest BCUT2D eigenvalue weighted by Gasteiger charge is 2.00. The van der Waals surface area contributed by atoms with Crippen molar-refractivity contribution in [3.8, 4) is 0 Å². The molecule has 0 unspecified atom stereocenters. The lowest BCUT2D eigenvalue weighted by Crippen LogP contribution is -2.23. The van der Waals surface area contributed by atoms with Crippen LogP contribution in [-0.4, -0.2) is 19.0 Å². The van der Waals surface area contributed by atoms with Gasteiger partial charge in [0.2, 0.25) is 5.91 Å². The lowest BCUT2D eigenvalue weighted by atomic mass is 10.1. The van der Waals surface area contributed by atoms with Crippen molar-refractivity contribution in [3.63, 3.8) is 0 Å². The maximum Gasteiger partial charge on any atom is 0.220 e. The molecule has 1 amide bonds. The molecule has 0 spiro atoms. The first kappa shape index (κ1) is 12.2. The molecule has 0 radical (unpaired) electrons. The highest BCUT2D eigenvalue weighted by atomic mass is 16.1. The fourth-order valence-electron chi connectivity index (χ4n) is 0.860. The van der Waals surface area contributed by atoms with Crippen LogP contribution >= 0.6 is 0 Å². The van der Waals surface area contributed by atoms with Crippen LogP contribution in [0.1, 0.15) is 26.7 Å². The van der Waals surface area contributed by atoms with Crippen LogP contribution in [0.15, 0.2) is 12.2 Å². The average molecular weight is 184 g/mol. The Balaban J connectivity index is 3.35. The number of nitrogens with two attached hydrogens (primary N) is 1. The number of hydrogen-bond donors (Lipinski definition) is 2. The molecule has 0 aliphatic heterocycles. The minimum atomic E-state index is 0.121. The minimum absolute atomic E-state index is 0.121. The summed E-state index contributed by atoms with van der Waals surface area (Å²) in [5.74, 6) is 0.709. The zero-order valence-corrected chi connectivity index (χ0v) is 8.55. The second-order valence-electron chi connectivity index (χ2n) is 3.44. The molecule has 3 nitrogen and oxygen atoms in total. The van der Waals surface area contributed by atoms with Gasteiger partial charge in [-0.2, -0.15) is 0 Å². The van der Waals surface area contributed by atoms with Crippen LogP contribution in [0.3, 0.4) is 0 Å². The minimum Gasteiger partial charge on any atom is -0.353 e. The summed E-state index contributed by atoms with van der Waals surface area (Å²) in [5, 5.41) is 2.79. The van der Waals surface area contributed by atoms with E-state index in [1.165, 1.54) is 0 Å². The average Bonchev–Trinajstić information content (AvgIpc) is 2.09. The Hall–Kier alpha value is -0.830. The standard InChI is InChI=1S/C10H20N2O/c1-9(2)5-6-10(13)12-8-4-3-7-11/h3-4,9H,5-8,11H2,1-2H3,(H,12,13)/b4-3+. The third kappa shape index (κ3) is 9.08. The Labute approximate surface area is 80.4 Å². The Morgan fingerprint density at radius 1 is 1.46 bits per heavy atom. The van der Waals surface area contributed by atoms with Crippen LogP contribution in [0, 0.1) is 5.92 Å². The predicted molar refractivity (Wildman–Crippen MR) is 55.3 cm³/mol. The van der Waals surface area contributed by atoms with Crippen LogP contribution in [0.25, 0.3) is 0 Å². The molecular formula is C10H20N2O. The summed E-state index contributed by atoms with van der Waals surface area (Å²) in [6.45, 7) is 5.35. The molecule has 0 rings (SSSR count). The van der Waals surface area contributed by atoms with Crippen molar-refractivity contribution in [2.75, 3.05) is 13.1 Å². The number of amides is 1. The zero-order valence-electron chi connectivity index (χ0n) is 8.55. The van der Waals surface area contributed by atoms with E-state index in [4.69, 9.17) is 5.73 Å². The quantitative estimate of drug-likeness (QED) is 0.606. The van der Waals surface area contributed by atoms with Crippen LogP contribution in [0.5, 0.6) is 0 Å². The summed E-state index contributed by atoms with van der Waals surface area (Å²) in [6.07, 6.45) is 5.27. The van der Waals surface area contributed by atoms with Crippen molar-refractivity contribution >= 4 is 5.91 Å². The molecule has 0 aromatic rings. The Kier molecular flexibility index (Phi) is 7.30. The molecule has 13 heavy (non-hydrogen) atoms. The number of carbonyl (C=O) groups is 1. The van der Waals surface area contributed by atoms with E-state index in [0.29, 0.717) is 25.4 Å². The molecule has 76 valence electrons. The van der Waals surface area contributed by atoms with Gasteiger partial charge in [0.15, 0.2) is 0 Å².